The monoisotopic (exact) mass is 267 g/mol. The second kappa shape index (κ2) is 5.81. The molecule has 0 aromatic carbocycles. The summed E-state index contributed by atoms with van der Waals surface area (Å²) in [5.74, 6) is 0. The Balaban J connectivity index is 2.06. The average Bonchev–Trinajstić information content (AvgIpc) is 2.96. The van der Waals surface area contributed by atoms with Gasteiger partial charge in [0.15, 0.2) is 0 Å². The third-order valence-corrected chi connectivity index (χ3v) is 3.42. The van der Waals surface area contributed by atoms with Gasteiger partial charge in [0.25, 0.3) is 0 Å². The van der Waals surface area contributed by atoms with Gasteiger partial charge in [-0.15, -0.1) is 10.2 Å². The largest absolute Gasteiger partial charge is 0.360 e. The van der Waals surface area contributed by atoms with Gasteiger partial charge in [0, 0.05) is 25.5 Å². The minimum atomic E-state index is -0.00392. The van der Waals surface area contributed by atoms with Crippen molar-refractivity contribution in [1.82, 2.24) is 19.3 Å². The first kappa shape index (κ1) is 12.8. The van der Waals surface area contributed by atoms with E-state index in [1.54, 1.807) is 21.5 Å². The van der Waals surface area contributed by atoms with E-state index in [2.05, 4.69) is 22.4 Å². The fraction of sp³-hybridized carbons (Fsp3) is 0.545. The van der Waals surface area contributed by atoms with Crippen LogP contribution >= 0.6 is 11.3 Å². The molecule has 0 bridgehead atoms. The molecule has 6 nitrogen and oxygen atoms in total. The van der Waals surface area contributed by atoms with Crippen LogP contribution in [0.5, 0.6) is 0 Å². The topological polar surface area (TPSA) is 64.7 Å². The number of aromatic nitrogens is 4. The van der Waals surface area contributed by atoms with Crippen LogP contribution in [0.3, 0.4) is 0 Å². The summed E-state index contributed by atoms with van der Waals surface area (Å²) in [6.45, 7) is 6.11. The van der Waals surface area contributed by atoms with E-state index < -0.39 is 0 Å². The van der Waals surface area contributed by atoms with Crippen molar-refractivity contribution in [3.63, 3.8) is 0 Å². The Labute approximate surface area is 109 Å². The Morgan fingerprint density at radius 1 is 1.28 bits per heavy atom. The molecule has 0 aliphatic carbocycles. The Morgan fingerprint density at radius 2 is 2.06 bits per heavy atom. The Hall–Kier alpha value is -1.63. The van der Waals surface area contributed by atoms with E-state index >= 15 is 0 Å². The second-order valence-electron chi connectivity index (χ2n) is 3.92. The quantitative estimate of drug-likeness (QED) is 0.859. The van der Waals surface area contributed by atoms with Crippen LogP contribution in [-0.2, 0) is 13.1 Å². The maximum absolute atomic E-state index is 11.8. The lowest BCUT2D eigenvalue weighted by atomic mass is 10.5. The van der Waals surface area contributed by atoms with Crippen LogP contribution in [0.2, 0.25) is 0 Å². The standard InChI is InChI=1S/C11H17N5OS/c1-3-5-12-10-14-13-9(18-10)8-16-7-6-15(4-2)11(16)17/h6-7H,3-5,8H2,1-2H3,(H,12,14). The van der Waals surface area contributed by atoms with E-state index in [4.69, 9.17) is 0 Å². The molecular weight excluding hydrogens is 250 g/mol. The van der Waals surface area contributed by atoms with E-state index in [-0.39, 0.29) is 5.69 Å². The van der Waals surface area contributed by atoms with Crippen LogP contribution in [0.25, 0.3) is 0 Å². The molecule has 98 valence electrons. The molecule has 2 rings (SSSR count). The highest BCUT2D eigenvalue weighted by Gasteiger charge is 2.07. The van der Waals surface area contributed by atoms with Gasteiger partial charge >= 0.3 is 5.69 Å². The Kier molecular flexibility index (Phi) is 4.14. The van der Waals surface area contributed by atoms with Gasteiger partial charge in [0.05, 0.1) is 6.54 Å². The summed E-state index contributed by atoms with van der Waals surface area (Å²) in [4.78, 5) is 11.8. The average molecular weight is 267 g/mol. The summed E-state index contributed by atoms with van der Waals surface area (Å²) in [7, 11) is 0. The molecule has 0 unspecified atom stereocenters. The maximum Gasteiger partial charge on any atom is 0.328 e. The van der Waals surface area contributed by atoms with Crippen LogP contribution in [0.1, 0.15) is 25.3 Å². The SMILES string of the molecule is CCCNc1nnc(Cn2ccn(CC)c2=O)s1. The van der Waals surface area contributed by atoms with E-state index in [1.165, 1.54) is 11.3 Å². The smallest absolute Gasteiger partial charge is 0.328 e. The summed E-state index contributed by atoms with van der Waals surface area (Å²) >= 11 is 1.49. The number of hydrogen-bond donors (Lipinski definition) is 1. The van der Waals surface area contributed by atoms with Gasteiger partial charge in [-0.2, -0.15) is 0 Å². The maximum atomic E-state index is 11.8. The van der Waals surface area contributed by atoms with Gasteiger partial charge in [0.1, 0.15) is 5.01 Å². The van der Waals surface area contributed by atoms with Gasteiger partial charge in [-0.3, -0.25) is 9.13 Å². The van der Waals surface area contributed by atoms with Crippen molar-refractivity contribution in [3.8, 4) is 0 Å². The van der Waals surface area contributed by atoms with Crippen molar-refractivity contribution in [3.05, 3.63) is 27.9 Å². The molecule has 18 heavy (non-hydrogen) atoms. The summed E-state index contributed by atoms with van der Waals surface area (Å²) < 4.78 is 3.31. The summed E-state index contributed by atoms with van der Waals surface area (Å²) in [6, 6.07) is 0. The molecule has 0 fully saturated rings. The molecule has 0 radical (unpaired) electrons. The molecule has 2 aromatic heterocycles. The van der Waals surface area contributed by atoms with Crippen molar-refractivity contribution in [2.75, 3.05) is 11.9 Å². The predicted octanol–water partition coefficient (Wildman–Crippen LogP) is 1.39. The molecule has 0 amide bonds. The Morgan fingerprint density at radius 3 is 2.72 bits per heavy atom. The van der Waals surface area contributed by atoms with E-state index in [9.17, 15) is 4.79 Å². The van der Waals surface area contributed by atoms with Crippen LogP contribution in [0, 0.1) is 0 Å². The van der Waals surface area contributed by atoms with E-state index in [0.717, 1.165) is 23.1 Å². The molecule has 0 saturated carbocycles. The first-order valence-corrected chi connectivity index (χ1v) is 6.88. The minimum Gasteiger partial charge on any atom is -0.360 e. The Bertz CT molecular complexity index is 556. The minimum absolute atomic E-state index is 0.00392. The fourth-order valence-electron chi connectivity index (χ4n) is 1.58. The lowest BCUT2D eigenvalue weighted by molar-refractivity contribution is 0.664. The number of imidazole rings is 1. The molecule has 2 heterocycles. The van der Waals surface area contributed by atoms with Crippen molar-refractivity contribution in [2.45, 2.75) is 33.4 Å². The lowest BCUT2D eigenvalue weighted by Crippen LogP contribution is -2.23. The zero-order chi connectivity index (χ0) is 13.0. The van der Waals surface area contributed by atoms with Gasteiger partial charge in [-0.25, -0.2) is 4.79 Å². The molecule has 0 saturated heterocycles. The molecule has 0 atom stereocenters. The summed E-state index contributed by atoms with van der Waals surface area (Å²) in [5.41, 5.74) is -0.00392. The van der Waals surface area contributed by atoms with Crippen molar-refractivity contribution >= 4 is 16.5 Å². The number of nitrogens with one attached hydrogen (secondary N) is 1. The lowest BCUT2D eigenvalue weighted by Gasteiger charge is -1.97. The first-order valence-electron chi connectivity index (χ1n) is 6.06. The van der Waals surface area contributed by atoms with Gasteiger partial charge in [-0.1, -0.05) is 18.3 Å². The third-order valence-electron chi connectivity index (χ3n) is 2.56. The predicted molar refractivity (Wildman–Crippen MR) is 72.2 cm³/mol. The van der Waals surface area contributed by atoms with Crippen LogP contribution < -0.4 is 11.0 Å². The third kappa shape index (κ3) is 2.79. The highest BCUT2D eigenvalue weighted by molar-refractivity contribution is 7.15. The van der Waals surface area contributed by atoms with E-state index in [0.29, 0.717) is 13.1 Å². The molecular formula is C11H17N5OS. The van der Waals surface area contributed by atoms with Gasteiger partial charge in [-0.05, 0) is 13.3 Å². The van der Waals surface area contributed by atoms with Crippen LogP contribution in [0.15, 0.2) is 17.2 Å². The number of nitrogens with zero attached hydrogens (tertiary/aromatic N) is 4. The van der Waals surface area contributed by atoms with Crippen molar-refractivity contribution in [1.29, 1.82) is 0 Å². The van der Waals surface area contributed by atoms with Crippen LogP contribution in [-0.4, -0.2) is 25.9 Å². The highest BCUT2D eigenvalue weighted by Crippen LogP contribution is 2.15. The number of aryl methyl sites for hydroxylation is 1. The zero-order valence-corrected chi connectivity index (χ0v) is 11.4. The van der Waals surface area contributed by atoms with Crippen molar-refractivity contribution in [2.24, 2.45) is 0 Å². The first-order chi connectivity index (χ1) is 8.74. The summed E-state index contributed by atoms with van der Waals surface area (Å²) in [6.07, 6.45) is 4.62. The molecule has 0 aliphatic rings. The number of anilines is 1. The van der Waals surface area contributed by atoms with Gasteiger partial charge in [0.2, 0.25) is 5.13 Å². The normalized spacial score (nSPS) is 10.8. The molecule has 7 heteroatoms. The molecule has 2 aromatic rings. The fourth-order valence-corrected chi connectivity index (χ4v) is 2.35. The molecule has 1 N–H and O–H groups in total. The highest BCUT2D eigenvalue weighted by atomic mass is 32.1. The van der Waals surface area contributed by atoms with Crippen LogP contribution in [0.4, 0.5) is 5.13 Å². The molecule has 0 spiro atoms. The van der Waals surface area contributed by atoms with E-state index in [1.807, 2.05) is 6.92 Å². The molecule has 0 aliphatic heterocycles. The summed E-state index contributed by atoms with van der Waals surface area (Å²) in [5, 5.41) is 13.0. The zero-order valence-electron chi connectivity index (χ0n) is 10.6. The second-order valence-corrected chi connectivity index (χ2v) is 4.98. The number of hydrogen-bond acceptors (Lipinski definition) is 5. The van der Waals surface area contributed by atoms with Gasteiger partial charge < -0.3 is 5.32 Å². The number of rotatable bonds is 6. The van der Waals surface area contributed by atoms with Crippen molar-refractivity contribution < 1.29 is 0 Å².